The van der Waals surface area contributed by atoms with Crippen molar-refractivity contribution in [1.82, 2.24) is 10.2 Å². The first-order valence-corrected chi connectivity index (χ1v) is 11.9. The van der Waals surface area contributed by atoms with Gasteiger partial charge in [0.05, 0.1) is 10.8 Å². The van der Waals surface area contributed by atoms with Crippen molar-refractivity contribution in [3.63, 3.8) is 0 Å². The fourth-order valence-electron chi connectivity index (χ4n) is 3.67. The average Bonchev–Trinajstić information content (AvgIpc) is 3.39. The monoisotopic (exact) mass is 444 g/mol. The van der Waals surface area contributed by atoms with Crippen LogP contribution in [0.4, 0.5) is 4.79 Å². The number of thioether (sulfide) groups is 1. The lowest BCUT2D eigenvalue weighted by molar-refractivity contribution is 0.0656. The van der Waals surface area contributed by atoms with E-state index in [9.17, 15) is 9.59 Å². The molecule has 1 saturated heterocycles. The second-order valence-corrected chi connectivity index (χ2v) is 9.31. The molecule has 1 atom stereocenters. The molecule has 3 aromatic rings. The minimum absolute atomic E-state index is 0.116. The van der Waals surface area contributed by atoms with Crippen molar-refractivity contribution < 1.29 is 18.7 Å². The summed E-state index contributed by atoms with van der Waals surface area (Å²) >= 11 is 3.39. The fraction of sp³-hybridized carbons (Fsp3) is 0.364. The molecule has 0 spiro atoms. The van der Waals surface area contributed by atoms with Crippen LogP contribution >= 0.6 is 23.1 Å². The Morgan fingerprint density at radius 1 is 1.30 bits per heavy atom. The van der Waals surface area contributed by atoms with Crippen molar-refractivity contribution >= 4 is 46.1 Å². The summed E-state index contributed by atoms with van der Waals surface area (Å²) in [6, 6.07) is 11.8. The normalized spacial score (nSPS) is 16.6. The number of nitrogens with one attached hydrogen (secondary N) is 1. The Kier molecular flexibility index (Phi) is 6.64. The van der Waals surface area contributed by atoms with Crippen molar-refractivity contribution in [3.05, 3.63) is 53.1 Å². The number of piperidine rings is 1. The van der Waals surface area contributed by atoms with E-state index in [-0.39, 0.29) is 11.9 Å². The summed E-state index contributed by atoms with van der Waals surface area (Å²) in [5.41, 5.74) is 1.65. The molecule has 1 fully saturated rings. The number of ether oxygens (including phenoxy) is 1. The van der Waals surface area contributed by atoms with Gasteiger partial charge >= 0.3 is 6.09 Å². The number of likely N-dealkylation sites (tertiary alicyclic amines) is 1. The van der Waals surface area contributed by atoms with Crippen LogP contribution in [-0.2, 0) is 10.5 Å². The Morgan fingerprint density at radius 2 is 2.17 bits per heavy atom. The van der Waals surface area contributed by atoms with E-state index in [0.717, 1.165) is 29.4 Å². The Balaban J connectivity index is 1.54. The number of rotatable bonds is 6. The maximum Gasteiger partial charge on any atom is 0.407 e. The molecular formula is C22H24N2O4S2. The molecule has 1 N–H and O–H groups in total. The first-order chi connectivity index (χ1) is 14.7. The quantitative estimate of drug-likeness (QED) is 0.533. The van der Waals surface area contributed by atoms with Gasteiger partial charge in [0.25, 0.3) is 5.91 Å². The van der Waals surface area contributed by atoms with Crippen molar-refractivity contribution in [2.45, 2.75) is 35.8 Å². The third-order valence-corrected chi connectivity index (χ3v) is 7.21. The number of hydrogen-bond acceptors (Lipinski definition) is 6. The summed E-state index contributed by atoms with van der Waals surface area (Å²) in [5, 5.41) is 5.88. The summed E-state index contributed by atoms with van der Waals surface area (Å²) in [4.78, 5) is 26.9. The second kappa shape index (κ2) is 9.57. The van der Waals surface area contributed by atoms with Crippen molar-refractivity contribution in [2.24, 2.45) is 0 Å². The predicted molar refractivity (Wildman–Crippen MR) is 119 cm³/mol. The second-order valence-electron chi connectivity index (χ2n) is 7.08. The number of benzene rings is 1. The van der Waals surface area contributed by atoms with E-state index in [1.54, 1.807) is 34.9 Å². The highest BCUT2D eigenvalue weighted by atomic mass is 32.2. The van der Waals surface area contributed by atoms with Gasteiger partial charge in [-0.25, -0.2) is 4.79 Å². The van der Waals surface area contributed by atoms with Crippen LogP contribution in [0.2, 0.25) is 0 Å². The molecule has 0 aliphatic carbocycles. The molecule has 2 amide bonds. The third kappa shape index (κ3) is 4.65. The summed E-state index contributed by atoms with van der Waals surface area (Å²) < 4.78 is 12.2. The molecule has 0 saturated carbocycles. The van der Waals surface area contributed by atoms with Crippen LogP contribution in [0.1, 0.15) is 35.9 Å². The zero-order valence-electron chi connectivity index (χ0n) is 16.8. The average molecular weight is 445 g/mol. The number of para-hydroxylation sites is 1. The van der Waals surface area contributed by atoms with Crippen LogP contribution in [0.3, 0.4) is 0 Å². The van der Waals surface area contributed by atoms with Crippen LogP contribution in [0, 0.1) is 0 Å². The lowest BCUT2D eigenvalue weighted by Crippen LogP contribution is -2.49. The molecule has 4 rings (SSSR count). The number of amides is 2. The summed E-state index contributed by atoms with van der Waals surface area (Å²) in [6.07, 6.45) is 1.21. The fourth-order valence-corrected chi connectivity index (χ4v) is 5.48. The minimum Gasteiger partial charge on any atom is -0.451 e. The van der Waals surface area contributed by atoms with Gasteiger partial charge in [-0.1, -0.05) is 24.3 Å². The lowest BCUT2D eigenvalue weighted by atomic mass is 10.0. The number of nitrogens with zero attached hydrogens (tertiary/aromatic N) is 1. The number of carbonyl (C=O) groups excluding carboxylic acids is 2. The van der Waals surface area contributed by atoms with Crippen LogP contribution < -0.4 is 5.32 Å². The smallest absolute Gasteiger partial charge is 0.407 e. The van der Waals surface area contributed by atoms with E-state index >= 15 is 0 Å². The molecule has 2 aromatic heterocycles. The van der Waals surface area contributed by atoms with Gasteiger partial charge in [0.2, 0.25) is 0 Å². The van der Waals surface area contributed by atoms with Gasteiger partial charge in [0.15, 0.2) is 5.76 Å². The molecule has 158 valence electrons. The lowest BCUT2D eigenvalue weighted by Gasteiger charge is -2.32. The Bertz CT molecular complexity index is 1020. The van der Waals surface area contributed by atoms with E-state index in [0.29, 0.717) is 31.2 Å². The molecule has 30 heavy (non-hydrogen) atoms. The summed E-state index contributed by atoms with van der Waals surface area (Å²) in [7, 11) is 0. The number of alkyl carbamates (subject to hydrolysis) is 1. The molecule has 1 unspecified atom stereocenters. The molecule has 1 aliphatic heterocycles. The number of carbonyl (C=O) groups is 2. The highest BCUT2D eigenvalue weighted by Crippen LogP contribution is 2.34. The van der Waals surface area contributed by atoms with Crippen molar-refractivity contribution in [1.29, 1.82) is 0 Å². The van der Waals surface area contributed by atoms with Gasteiger partial charge in [-0.3, -0.25) is 4.79 Å². The largest absolute Gasteiger partial charge is 0.451 e. The zero-order chi connectivity index (χ0) is 20.9. The Hall–Kier alpha value is -2.45. The maximum atomic E-state index is 13.4. The Labute approximate surface area is 183 Å². The van der Waals surface area contributed by atoms with E-state index in [1.807, 2.05) is 35.7 Å². The first kappa shape index (κ1) is 20.8. The third-order valence-electron chi connectivity index (χ3n) is 5.05. The number of furan rings is 1. The predicted octanol–water partition coefficient (Wildman–Crippen LogP) is 5.14. The van der Waals surface area contributed by atoms with Gasteiger partial charge in [-0.2, -0.15) is 0 Å². The molecule has 0 bridgehead atoms. The standard InChI is InChI=1S/C22H24N2O4S2/c1-2-27-22(26)23-15-7-5-11-24(13-15)21(25)20-17(14-30-19-10-6-12-29-19)16-8-3-4-9-18(16)28-20/h3-4,6,8-10,12,15H,2,5,7,11,13-14H2,1H3,(H,23,26). The molecule has 0 radical (unpaired) electrons. The van der Waals surface area contributed by atoms with Gasteiger partial charge < -0.3 is 19.4 Å². The van der Waals surface area contributed by atoms with Crippen LogP contribution in [-0.4, -0.2) is 42.6 Å². The number of thiophene rings is 1. The molecule has 8 heteroatoms. The SMILES string of the molecule is CCOC(=O)NC1CCCN(C(=O)c2oc3ccccc3c2CSc2cccs2)C1. The minimum atomic E-state index is -0.437. The molecule has 1 aromatic carbocycles. The van der Waals surface area contributed by atoms with Crippen LogP contribution in [0.25, 0.3) is 11.0 Å². The summed E-state index contributed by atoms with van der Waals surface area (Å²) in [5.74, 6) is 0.942. The van der Waals surface area contributed by atoms with Crippen LogP contribution in [0.15, 0.2) is 50.4 Å². The maximum absolute atomic E-state index is 13.4. The molecule has 6 nitrogen and oxygen atoms in total. The van der Waals surface area contributed by atoms with Crippen molar-refractivity contribution in [2.75, 3.05) is 19.7 Å². The van der Waals surface area contributed by atoms with Crippen LogP contribution in [0.5, 0.6) is 0 Å². The zero-order valence-corrected chi connectivity index (χ0v) is 18.4. The number of hydrogen-bond donors (Lipinski definition) is 1. The van der Waals surface area contributed by atoms with Gasteiger partial charge in [-0.05, 0) is 37.3 Å². The molecule has 3 heterocycles. The highest BCUT2D eigenvalue weighted by molar-refractivity contribution is 8.00. The first-order valence-electron chi connectivity index (χ1n) is 10.0. The van der Waals surface area contributed by atoms with E-state index < -0.39 is 6.09 Å². The van der Waals surface area contributed by atoms with Crippen molar-refractivity contribution in [3.8, 4) is 0 Å². The van der Waals surface area contributed by atoms with E-state index in [1.165, 1.54) is 4.21 Å². The number of fused-ring (bicyclic) bond motifs is 1. The Morgan fingerprint density at radius 3 is 2.97 bits per heavy atom. The molecular weight excluding hydrogens is 420 g/mol. The van der Waals surface area contributed by atoms with E-state index in [4.69, 9.17) is 9.15 Å². The van der Waals surface area contributed by atoms with Gasteiger partial charge in [0.1, 0.15) is 5.58 Å². The van der Waals surface area contributed by atoms with E-state index in [2.05, 4.69) is 11.4 Å². The highest BCUT2D eigenvalue weighted by Gasteiger charge is 2.30. The summed E-state index contributed by atoms with van der Waals surface area (Å²) in [6.45, 7) is 3.19. The molecule has 1 aliphatic rings. The van der Waals surface area contributed by atoms with Gasteiger partial charge in [-0.15, -0.1) is 23.1 Å². The van der Waals surface area contributed by atoms with Gasteiger partial charge in [0, 0.05) is 35.8 Å². The topological polar surface area (TPSA) is 71.8 Å².